The first-order valence-corrected chi connectivity index (χ1v) is 10.3. The number of hydrogen-bond acceptors (Lipinski definition) is 6. The van der Waals surface area contributed by atoms with Crippen LogP contribution in [0.3, 0.4) is 0 Å². The Kier molecular flexibility index (Phi) is 8.10. The van der Waals surface area contributed by atoms with E-state index >= 15 is 0 Å². The van der Waals surface area contributed by atoms with Crippen molar-refractivity contribution in [3.05, 3.63) is 51.5 Å². The van der Waals surface area contributed by atoms with Crippen molar-refractivity contribution in [3.63, 3.8) is 0 Å². The number of halogens is 1. The number of carbonyl (C=O) groups is 2. The van der Waals surface area contributed by atoms with E-state index in [1.54, 1.807) is 18.2 Å². The molecule has 0 aliphatic rings. The van der Waals surface area contributed by atoms with Crippen LogP contribution in [0.1, 0.15) is 23.1 Å². The predicted molar refractivity (Wildman–Crippen MR) is 122 cm³/mol. The highest BCUT2D eigenvalue weighted by Crippen LogP contribution is 2.23. The van der Waals surface area contributed by atoms with Crippen LogP contribution >= 0.6 is 22.9 Å². The monoisotopic (exact) mass is 449 g/mol. The van der Waals surface area contributed by atoms with Crippen LogP contribution in [0, 0.1) is 6.92 Å². The number of rotatable bonds is 8. The van der Waals surface area contributed by atoms with E-state index in [9.17, 15) is 9.59 Å². The first kappa shape index (κ1) is 23.5. The molecule has 0 aliphatic heterocycles. The van der Waals surface area contributed by atoms with Crippen LogP contribution in [0.4, 0.5) is 5.13 Å². The lowest BCUT2D eigenvalue weighted by atomic mass is 10.1. The number of carbonyl (C=O) groups excluding carboxylic acids is 2. The summed E-state index contributed by atoms with van der Waals surface area (Å²) in [7, 11) is 5.79. The Morgan fingerprint density at radius 1 is 1.23 bits per heavy atom. The highest BCUT2D eigenvalue weighted by molar-refractivity contribution is 7.17. The maximum atomic E-state index is 12.2. The number of hydrazone groups is 1. The molecule has 10 heteroatoms. The quantitative estimate of drug-likeness (QED) is 0.328. The number of amides is 2. The number of thiazole rings is 1. The molecule has 160 valence electrons. The summed E-state index contributed by atoms with van der Waals surface area (Å²) < 4.78 is 0.488. The fraction of sp³-hybridized carbons (Fsp3) is 0.300. The van der Waals surface area contributed by atoms with Crippen LogP contribution in [-0.4, -0.2) is 54.7 Å². The van der Waals surface area contributed by atoms with Crippen LogP contribution < -0.4 is 16.3 Å². The zero-order chi connectivity index (χ0) is 22.3. The van der Waals surface area contributed by atoms with Crippen molar-refractivity contribution in [1.29, 1.82) is 0 Å². The number of hydrazine groups is 1. The van der Waals surface area contributed by atoms with Gasteiger partial charge in [-0.2, -0.15) is 5.10 Å². The average Bonchev–Trinajstić information content (AvgIpc) is 3.00. The van der Waals surface area contributed by atoms with Gasteiger partial charge in [0, 0.05) is 11.9 Å². The molecule has 1 heterocycles. The molecule has 0 radical (unpaired) electrons. The molecule has 0 aliphatic carbocycles. The zero-order valence-electron chi connectivity index (χ0n) is 17.6. The van der Waals surface area contributed by atoms with Crippen LogP contribution in [0.5, 0.6) is 0 Å². The van der Waals surface area contributed by atoms with Gasteiger partial charge in [-0.15, -0.1) is 0 Å². The largest absolute Gasteiger partial charge is 0.323 e. The molecule has 1 aromatic heterocycles. The lowest BCUT2D eigenvalue weighted by Gasteiger charge is -2.22. The molecule has 0 unspecified atom stereocenters. The number of hydrogen-bond donors (Lipinski definition) is 3. The molecule has 0 atom stereocenters. The van der Waals surface area contributed by atoms with E-state index < -0.39 is 0 Å². The molecule has 0 bridgehead atoms. The average molecular weight is 450 g/mol. The Balaban J connectivity index is 2.30. The van der Waals surface area contributed by atoms with Gasteiger partial charge in [0.05, 0.1) is 31.7 Å². The van der Waals surface area contributed by atoms with Gasteiger partial charge in [0.15, 0.2) is 6.54 Å². The minimum absolute atomic E-state index is 0.196. The Morgan fingerprint density at radius 3 is 2.50 bits per heavy atom. The lowest BCUT2D eigenvalue weighted by Crippen LogP contribution is -2.43. The summed E-state index contributed by atoms with van der Waals surface area (Å²) in [6.07, 6.45) is 3.68. The minimum atomic E-state index is -0.228. The van der Waals surface area contributed by atoms with E-state index in [2.05, 4.69) is 26.4 Å². The molecule has 3 N–H and O–H groups in total. The fourth-order valence-electron chi connectivity index (χ4n) is 2.33. The third-order valence-corrected chi connectivity index (χ3v) is 4.94. The summed E-state index contributed by atoms with van der Waals surface area (Å²) in [6, 6.07) is 7.37. The molecule has 0 spiro atoms. The molecule has 2 aromatic rings. The number of aromatic nitrogens is 1. The molecule has 1 aromatic carbocycles. The number of nitrogens with zero attached hydrogens (tertiary/aromatic N) is 3. The molecule has 0 saturated heterocycles. The smallest absolute Gasteiger partial charge is 0.295 e. The van der Waals surface area contributed by atoms with Gasteiger partial charge in [-0.1, -0.05) is 41.1 Å². The number of quaternary nitrogens is 1. The minimum Gasteiger partial charge on any atom is -0.323 e. The maximum Gasteiger partial charge on any atom is 0.295 e. The Labute approximate surface area is 185 Å². The summed E-state index contributed by atoms with van der Waals surface area (Å²) in [5.74, 6) is -0.424. The molecule has 0 fully saturated rings. The number of aryl methyl sites for hydroxylation is 1. The normalized spacial score (nSPS) is 12.1. The van der Waals surface area contributed by atoms with Crippen molar-refractivity contribution in [2.45, 2.75) is 13.8 Å². The van der Waals surface area contributed by atoms with E-state index in [1.807, 2.05) is 46.3 Å². The number of anilines is 1. The molecular formula is C20H26ClN6O2S+. The first-order valence-electron chi connectivity index (χ1n) is 9.14. The maximum absolute atomic E-state index is 12.2. The second-order valence-electron chi connectivity index (χ2n) is 7.61. The second-order valence-corrected chi connectivity index (χ2v) is 9.04. The SMILES string of the molecule is CC(=O)NNc1nc(C)c(C(/C=C/c2ccc(Cl)cc2)=N\NC(=O)C[N+](C)(C)C)s1. The zero-order valence-corrected chi connectivity index (χ0v) is 19.2. The lowest BCUT2D eigenvalue weighted by molar-refractivity contribution is -0.862. The van der Waals surface area contributed by atoms with Gasteiger partial charge in [-0.25, -0.2) is 10.4 Å². The van der Waals surface area contributed by atoms with E-state index in [0.29, 0.717) is 26.0 Å². The fourth-order valence-corrected chi connectivity index (χ4v) is 3.35. The number of benzene rings is 1. The van der Waals surface area contributed by atoms with Crippen LogP contribution in [0.15, 0.2) is 35.4 Å². The summed E-state index contributed by atoms with van der Waals surface area (Å²) in [5, 5.41) is 5.50. The van der Waals surface area contributed by atoms with Crippen molar-refractivity contribution in [1.82, 2.24) is 15.8 Å². The summed E-state index contributed by atoms with van der Waals surface area (Å²) in [6.45, 7) is 3.53. The Bertz CT molecular complexity index is 961. The van der Waals surface area contributed by atoms with Crippen molar-refractivity contribution in [2.75, 3.05) is 33.1 Å². The van der Waals surface area contributed by atoms with E-state index in [0.717, 1.165) is 10.4 Å². The second kappa shape index (κ2) is 10.3. The van der Waals surface area contributed by atoms with Crippen molar-refractivity contribution < 1.29 is 14.1 Å². The van der Waals surface area contributed by atoms with Crippen LogP contribution in [0.25, 0.3) is 6.08 Å². The van der Waals surface area contributed by atoms with Crippen LogP contribution in [-0.2, 0) is 9.59 Å². The van der Waals surface area contributed by atoms with Gasteiger partial charge in [0.25, 0.3) is 5.91 Å². The van der Waals surface area contributed by atoms with E-state index in [1.165, 1.54) is 18.3 Å². The predicted octanol–water partition coefficient (Wildman–Crippen LogP) is 2.81. The topological polar surface area (TPSA) is 95.5 Å². The number of likely N-dealkylation sites (N-methyl/N-ethyl adjacent to an activating group) is 1. The first-order chi connectivity index (χ1) is 14.0. The van der Waals surface area contributed by atoms with Gasteiger partial charge >= 0.3 is 0 Å². The molecule has 2 amide bonds. The van der Waals surface area contributed by atoms with E-state index in [-0.39, 0.29) is 18.4 Å². The molecule has 2 rings (SSSR count). The highest BCUT2D eigenvalue weighted by Gasteiger charge is 2.16. The van der Waals surface area contributed by atoms with Crippen molar-refractivity contribution in [2.24, 2.45) is 5.10 Å². The van der Waals surface area contributed by atoms with E-state index in [4.69, 9.17) is 11.6 Å². The highest BCUT2D eigenvalue weighted by atomic mass is 35.5. The standard InChI is InChI=1S/C20H25ClN6O2S/c1-13-19(30-20(22-13)26-23-14(2)28)17(24-25-18(29)12-27(3,4)5)11-8-15-6-9-16(21)10-7-15/h6-11H,12H2,1-5H3,(H2-,22,23,24,25,26,28,29)/p+1/b11-8+. The Hall–Kier alpha value is -2.75. The molecule has 0 saturated carbocycles. The third-order valence-electron chi connectivity index (χ3n) is 3.60. The van der Waals surface area contributed by atoms with Crippen molar-refractivity contribution >= 4 is 51.7 Å². The van der Waals surface area contributed by atoms with Crippen LogP contribution in [0.2, 0.25) is 5.02 Å². The van der Waals surface area contributed by atoms with Gasteiger partial charge in [0.1, 0.15) is 5.71 Å². The van der Waals surface area contributed by atoms with Gasteiger partial charge in [0.2, 0.25) is 11.0 Å². The molecule has 30 heavy (non-hydrogen) atoms. The summed E-state index contributed by atoms with van der Waals surface area (Å²) >= 11 is 7.26. The Morgan fingerprint density at radius 2 is 1.90 bits per heavy atom. The van der Waals surface area contributed by atoms with Gasteiger partial charge in [-0.3, -0.25) is 20.4 Å². The third kappa shape index (κ3) is 7.94. The summed E-state index contributed by atoms with van der Waals surface area (Å²) in [5.41, 5.74) is 10.1. The molecular weight excluding hydrogens is 424 g/mol. The summed E-state index contributed by atoms with van der Waals surface area (Å²) in [4.78, 5) is 28.5. The van der Waals surface area contributed by atoms with Gasteiger partial charge < -0.3 is 4.48 Å². The van der Waals surface area contributed by atoms with Crippen molar-refractivity contribution in [3.8, 4) is 0 Å². The number of nitrogens with one attached hydrogen (secondary N) is 3. The van der Waals surface area contributed by atoms with Gasteiger partial charge in [-0.05, 0) is 30.7 Å². The molecule has 8 nitrogen and oxygen atoms in total. The number of allylic oxidation sites excluding steroid dienone is 1.